The quantitative estimate of drug-likeness (QED) is 0.252. The minimum Gasteiger partial charge on any atom is -0.356 e. The largest absolute Gasteiger partial charge is 0.356 e. The molecule has 1 aromatic carbocycles. The molecular weight excluding hydrogens is 514 g/mol. The number of hydrogen-bond donors (Lipinski definition) is 2. The third kappa shape index (κ3) is 7.02. The lowest BCUT2D eigenvalue weighted by Gasteiger charge is -2.18. The molecule has 0 bridgehead atoms. The minimum absolute atomic E-state index is 0. The number of rotatable bonds is 6. The second kappa shape index (κ2) is 11.7. The Hall–Kier alpha value is -0.900. The van der Waals surface area contributed by atoms with Gasteiger partial charge in [-0.1, -0.05) is 28.9 Å². The molecule has 5 nitrogen and oxygen atoms in total. The highest BCUT2D eigenvalue weighted by Crippen LogP contribution is 2.16. The highest BCUT2D eigenvalue weighted by atomic mass is 127. The number of guanidine groups is 1. The SMILES string of the molecule is CCC(=O)N1CCC(NC(=NC)NCCCc2ccc(Br)cc2F)C1.I. The first-order valence-corrected chi connectivity index (χ1v) is 9.51. The summed E-state index contributed by atoms with van der Waals surface area (Å²) in [6.45, 7) is 4.11. The summed E-state index contributed by atoms with van der Waals surface area (Å²) < 4.78 is 14.5. The minimum atomic E-state index is -0.177. The summed E-state index contributed by atoms with van der Waals surface area (Å²) in [5.74, 6) is 0.749. The van der Waals surface area contributed by atoms with E-state index in [2.05, 4.69) is 31.6 Å². The van der Waals surface area contributed by atoms with E-state index < -0.39 is 0 Å². The number of aliphatic imine (C=N–C) groups is 1. The standard InChI is InChI=1S/C18H26BrFN4O.HI/c1-3-17(25)24-10-8-15(12-24)23-18(21-2)22-9-4-5-13-6-7-14(19)11-16(13)20;/h6-7,11,15H,3-5,8-10,12H2,1-2H3,(H2,21,22,23);1H. The summed E-state index contributed by atoms with van der Waals surface area (Å²) in [7, 11) is 1.73. The molecule has 0 aromatic heterocycles. The molecule has 146 valence electrons. The van der Waals surface area contributed by atoms with Gasteiger partial charge < -0.3 is 15.5 Å². The van der Waals surface area contributed by atoms with E-state index in [0.717, 1.165) is 41.9 Å². The number of carbonyl (C=O) groups is 1. The van der Waals surface area contributed by atoms with E-state index in [9.17, 15) is 9.18 Å². The van der Waals surface area contributed by atoms with E-state index in [-0.39, 0.29) is 41.7 Å². The Morgan fingerprint density at radius 2 is 2.23 bits per heavy atom. The van der Waals surface area contributed by atoms with E-state index in [0.29, 0.717) is 19.4 Å². The predicted octanol–water partition coefficient (Wildman–Crippen LogP) is 3.31. The maximum atomic E-state index is 13.8. The summed E-state index contributed by atoms with van der Waals surface area (Å²) >= 11 is 3.26. The van der Waals surface area contributed by atoms with Gasteiger partial charge in [0.15, 0.2) is 5.96 Å². The summed E-state index contributed by atoms with van der Waals surface area (Å²) in [6, 6.07) is 5.39. The van der Waals surface area contributed by atoms with Crippen molar-refractivity contribution in [2.24, 2.45) is 4.99 Å². The van der Waals surface area contributed by atoms with Crippen LogP contribution in [0, 0.1) is 5.82 Å². The van der Waals surface area contributed by atoms with Crippen molar-refractivity contribution in [2.45, 2.75) is 38.6 Å². The third-order valence-electron chi connectivity index (χ3n) is 4.34. The lowest BCUT2D eigenvalue weighted by molar-refractivity contribution is -0.129. The highest BCUT2D eigenvalue weighted by molar-refractivity contribution is 14.0. The van der Waals surface area contributed by atoms with Gasteiger partial charge in [0.1, 0.15) is 5.82 Å². The second-order valence-corrected chi connectivity index (χ2v) is 7.08. The zero-order valence-electron chi connectivity index (χ0n) is 15.2. The molecule has 1 heterocycles. The van der Waals surface area contributed by atoms with Crippen LogP contribution < -0.4 is 10.6 Å². The molecule has 0 spiro atoms. The van der Waals surface area contributed by atoms with Gasteiger partial charge in [0.05, 0.1) is 0 Å². The molecule has 1 amide bonds. The van der Waals surface area contributed by atoms with Gasteiger partial charge in [-0.05, 0) is 37.0 Å². The van der Waals surface area contributed by atoms with Crippen molar-refractivity contribution in [1.82, 2.24) is 15.5 Å². The monoisotopic (exact) mass is 540 g/mol. The van der Waals surface area contributed by atoms with Crippen molar-refractivity contribution in [3.63, 3.8) is 0 Å². The Morgan fingerprint density at radius 3 is 2.88 bits per heavy atom. The Bertz CT molecular complexity index is 629. The van der Waals surface area contributed by atoms with Crippen molar-refractivity contribution in [3.8, 4) is 0 Å². The topological polar surface area (TPSA) is 56.7 Å². The van der Waals surface area contributed by atoms with Crippen LogP contribution in [0.2, 0.25) is 0 Å². The highest BCUT2D eigenvalue weighted by Gasteiger charge is 2.25. The summed E-state index contributed by atoms with van der Waals surface area (Å²) in [5.41, 5.74) is 0.720. The molecule has 1 unspecified atom stereocenters. The molecule has 0 aliphatic carbocycles. The molecule has 1 fully saturated rings. The van der Waals surface area contributed by atoms with Crippen molar-refractivity contribution in [1.29, 1.82) is 0 Å². The number of amides is 1. The van der Waals surface area contributed by atoms with Crippen LogP contribution in [0.3, 0.4) is 0 Å². The van der Waals surface area contributed by atoms with Crippen molar-refractivity contribution in [2.75, 3.05) is 26.7 Å². The number of nitrogens with one attached hydrogen (secondary N) is 2. The van der Waals surface area contributed by atoms with Gasteiger partial charge in [-0.25, -0.2) is 4.39 Å². The number of hydrogen-bond acceptors (Lipinski definition) is 2. The fraction of sp³-hybridized carbons (Fsp3) is 0.556. The molecule has 26 heavy (non-hydrogen) atoms. The maximum Gasteiger partial charge on any atom is 0.222 e. The average Bonchev–Trinajstić information content (AvgIpc) is 3.07. The number of nitrogens with zero attached hydrogens (tertiary/aromatic N) is 2. The zero-order valence-corrected chi connectivity index (χ0v) is 19.1. The molecule has 0 saturated carbocycles. The molecule has 0 radical (unpaired) electrons. The van der Waals surface area contributed by atoms with Gasteiger partial charge in [0, 0.05) is 43.6 Å². The van der Waals surface area contributed by atoms with Crippen LogP contribution >= 0.6 is 39.9 Å². The van der Waals surface area contributed by atoms with Crippen LogP contribution in [0.5, 0.6) is 0 Å². The van der Waals surface area contributed by atoms with Crippen molar-refractivity contribution in [3.05, 3.63) is 34.1 Å². The van der Waals surface area contributed by atoms with Crippen LogP contribution in [0.4, 0.5) is 4.39 Å². The van der Waals surface area contributed by atoms with Crippen LogP contribution in [0.25, 0.3) is 0 Å². The third-order valence-corrected chi connectivity index (χ3v) is 4.83. The normalized spacial score (nSPS) is 17.0. The number of aryl methyl sites for hydroxylation is 1. The molecule has 2 rings (SSSR count). The lowest BCUT2D eigenvalue weighted by Crippen LogP contribution is -2.45. The fourth-order valence-electron chi connectivity index (χ4n) is 2.93. The van der Waals surface area contributed by atoms with Gasteiger partial charge in [-0.15, -0.1) is 24.0 Å². The summed E-state index contributed by atoms with van der Waals surface area (Å²) in [4.78, 5) is 17.8. The van der Waals surface area contributed by atoms with Crippen molar-refractivity contribution < 1.29 is 9.18 Å². The number of halogens is 3. The molecule has 1 aromatic rings. The van der Waals surface area contributed by atoms with Crippen LogP contribution in [-0.2, 0) is 11.2 Å². The average molecular weight is 541 g/mol. The van der Waals surface area contributed by atoms with E-state index in [1.54, 1.807) is 7.05 Å². The smallest absolute Gasteiger partial charge is 0.222 e. The number of benzene rings is 1. The van der Waals surface area contributed by atoms with Gasteiger partial charge >= 0.3 is 0 Å². The first-order chi connectivity index (χ1) is 12.0. The second-order valence-electron chi connectivity index (χ2n) is 6.16. The zero-order chi connectivity index (χ0) is 18.2. The Labute approximate surface area is 180 Å². The summed E-state index contributed by atoms with van der Waals surface area (Å²) in [5, 5.41) is 6.62. The lowest BCUT2D eigenvalue weighted by atomic mass is 10.1. The van der Waals surface area contributed by atoms with E-state index >= 15 is 0 Å². The molecule has 1 saturated heterocycles. The number of likely N-dealkylation sites (tertiary alicyclic amines) is 1. The molecule has 1 aliphatic rings. The van der Waals surface area contributed by atoms with Crippen LogP contribution in [0.15, 0.2) is 27.7 Å². The van der Waals surface area contributed by atoms with Crippen LogP contribution in [-0.4, -0.2) is 49.5 Å². The number of carbonyl (C=O) groups excluding carboxylic acids is 1. The first kappa shape index (κ1) is 23.1. The van der Waals surface area contributed by atoms with Crippen LogP contribution in [0.1, 0.15) is 31.7 Å². The fourth-order valence-corrected chi connectivity index (χ4v) is 3.26. The maximum absolute atomic E-state index is 13.8. The van der Waals surface area contributed by atoms with E-state index in [1.807, 2.05) is 24.0 Å². The molecule has 2 N–H and O–H groups in total. The van der Waals surface area contributed by atoms with Gasteiger partial charge in [-0.3, -0.25) is 9.79 Å². The Morgan fingerprint density at radius 1 is 1.46 bits per heavy atom. The molecular formula is C18H27BrFIN4O. The van der Waals surface area contributed by atoms with Crippen molar-refractivity contribution >= 4 is 51.8 Å². The van der Waals surface area contributed by atoms with Gasteiger partial charge in [-0.2, -0.15) is 0 Å². The summed E-state index contributed by atoms with van der Waals surface area (Å²) in [6.07, 6.45) is 2.96. The molecule has 8 heteroatoms. The Kier molecular flexibility index (Phi) is 10.4. The first-order valence-electron chi connectivity index (χ1n) is 8.72. The Balaban J connectivity index is 0.00000338. The molecule has 1 atom stereocenters. The van der Waals surface area contributed by atoms with E-state index in [1.165, 1.54) is 6.07 Å². The predicted molar refractivity (Wildman–Crippen MR) is 118 cm³/mol. The molecule has 1 aliphatic heterocycles. The van der Waals surface area contributed by atoms with E-state index in [4.69, 9.17) is 0 Å². The van der Waals surface area contributed by atoms with Gasteiger partial charge in [0.2, 0.25) is 5.91 Å². The van der Waals surface area contributed by atoms with Gasteiger partial charge in [0.25, 0.3) is 0 Å².